The zero-order valence-corrected chi connectivity index (χ0v) is 15.3. The van der Waals surface area contributed by atoms with Crippen LogP contribution >= 0.6 is 0 Å². The minimum Gasteiger partial charge on any atom is -0.481 e. The van der Waals surface area contributed by atoms with E-state index >= 15 is 0 Å². The van der Waals surface area contributed by atoms with Gasteiger partial charge in [-0.1, -0.05) is 6.07 Å². The second kappa shape index (κ2) is 6.99. The molecular formula is C21H18N4O2. The van der Waals surface area contributed by atoms with Crippen molar-refractivity contribution in [1.29, 1.82) is 0 Å². The average molecular weight is 358 g/mol. The van der Waals surface area contributed by atoms with Crippen LogP contribution < -0.4 is 9.47 Å². The van der Waals surface area contributed by atoms with Gasteiger partial charge < -0.3 is 9.47 Å². The van der Waals surface area contributed by atoms with E-state index in [1.165, 1.54) is 0 Å². The molecule has 6 heteroatoms. The Morgan fingerprint density at radius 2 is 1.74 bits per heavy atom. The van der Waals surface area contributed by atoms with E-state index in [-0.39, 0.29) is 0 Å². The first-order valence-electron chi connectivity index (χ1n) is 8.53. The van der Waals surface area contributed by atoms with Crippen molar-refractivity contribution in [2.75, 3.05) is 7.11 Å². The van der Waals surface area contributed by atoms with Crippen LogP contribution in [-0.2, 0) is 0 Å². The number of hydrogen-bond donors (Lipinski definition) is 0. The van der Waals surface area contributed by atoms with E-state index in [2.05, 4.69) is 15.0 Å². The van der Waals surface area contributed by atoms with Gasteiger partial charge in [0.05, 0.1) is 18.3 Å². The van der Waals surface area contributed by atoms with Crippen molar-refractivity contribution in [3.63, 3.8) is 0 Å². The maximum absolute atomic E-state index is 6.25. The molecule has 0 amide bonds. The first-order valence-corrected chi connectivity index (χ1v) is 8.53. The van der Waals surface area contributed by atoms with Gasteiger partial charge >= 0.3 is 0 Å². The molecule has 0 N–H and O–H groups in total. The van der Waals surface area contributed by atoms with Crippen molar-refractivity contribution in [2.24, 2.45) is 0 Å². The molecule has 0 saturated heterocycles. The Labute approximate surface area is 156 Å². The standard InChI is InChI=1S/C21H18N4O2/c1-13-12-18(21(24-14(13)2)15-6-4-5-10-22-15)27-17-9-11-23-16-7-8-19(26-3)25-20(16)17/h4-12H,1-3H3. The van der Waals surface area contributed by atoms with Gasteiger partial charge in [-0.3, -0.25) is 9.97 Å². The van der Waals surface area contributed by atoms with Crippen molar-refractivity contribution < 1.29 is 9.47 Å². The van der Waals surface area contributed by atoms with Gasteiger partial charge in [0.25, 0.3) is 0 Å². The highest BCUT2D eigenvalue weighted by Crippen LogP contribution is 2.35. The number of aryl methyl sites for hydroxylation is 2. The van der Waals surface area contributed by atoms with Crippen LogP contribution in [0.5, 0.6) is 17.4 Å². The van der Waals surface area contributed by atoms with Crippen LogP contribution in [0.3, 0.4) is 0 Å². The topological polar surface area (TPSA) is 70.0 Å². The Morgan fingerprint density at radius 3 is 2.52 bits per heavy atom. The number of nitrogens with zero attached hydrogens (tertiary/aromatic N) is 4. The molecule has 0 radical (unpaired) electrons. The van der Waals surface area contributed by atoms with Gasteiger partial charge in [0.2, 0.25) is 5.88 Å². The van der Waals surface area contributed by atoms with E-state index in [4.69, 9.17) is 14.5 Å². The second-order valence-electron chi connectivity index (χ2n) is 6.08. The van der Waals surface area contributed by atoms with E-state index in [0.29, 0.717) is 28.6 Å². The van der Waals surface area contributed by atoms with Crippen LogP contribution in [0, 0.1) is 13.8 Å². The minimum absolute atomic E-state index is 0.503. The largest absolute Gasteiger partial charge is 0.481 e. The molecule has 0 fully saturated rings. The third-order valence-corrected chi connectivity index (χ3v) is 4.29. The van der Waals surface area contributed by atoms with Gasteiger partial charge in [-0.15, -0.1) is 0 Å². The van der Waals surface area contributed by atoms with Gasteiger partial charge in [0.1, 0.15) is 11.2 Å². The predicted molar refractivity (Wildman–Crippen MR) is 103 cm³/mol. The number of ether oxygens (including phenoxy) is 2. The normalized spacial score (nSPS) is 10.8. The summed E-state index contributed by atoms with van der Waals surface area (Å²) in [6.45, 7) is 3.98. The van der Waals surface area contributed by atoms with Crippen LogP contribution in [-0.4, -0.2) is 27.0 Å². The number of pyridine rings is 4. The van der Waals surface area contributed by atoms with Crippen LogP contribution in [0.15, 0.2) is 54.9 Å². The molecule has 0 aliphatic heterocycles. The lowest BCUT2D eigenvalue weighted by atomic mass is 10.1. The Morgan fingerprint density at radius 1 is 0.852 bits per heavy atom. The minimum atomic E-state index is 0.503. The number of rotatable bonds is 4. The molecule has 4 heterocycles. The van der Waals surface area contributed by atoms with Crippen molar-refractivity contribution in [3.8, 4) is 28.8 Å². The van der Waals surface area contributed by atoms with Gasteiger partial charge in [-0.25, -0.2) is 9.97 Å². The summed E-state index contributed by atoms with van der Waals surface area (Å²) in [5.41, 5.74) is 4.76. The molecule has 0 saturated carbocycles. The lowest BCUT2D eigenvalue weighted by Crippen LogP contribution is -1.98. The van der Waals surface area contributed by atoms with Gasteiger partial charge in [0, 0.05) is 30.2 Å². The molecule has 0 aromatic carbocycles. The average Bonchev–Trinajstić information content (AvgIpc) is 2.71. The molecule has 0 spiro atoms. The molecule has 4 aromatic rings. The van der Waals surface area contributed by atoms with E-state index in [0.717, 1.165) is 22.5 Å². The Bertz CT molecular complexity index is 1110. The molecule has 0 atom stereocenters. The number of methoxy groups -OCH3 is 1. The van der Waals surface area contributed by atoms with Gasteiger partial charge in [-0.2, -0.15) is 0 Å². The summed E-state index contributed by atoms with van der Waals surface area (Å²) in [4.78, 5) is 18.0. The lowest BCUT2D eigenvalue weighted by Gasteiger charge is -2.14. The quantitative estimate of drug-likeness (QED) is 0.535. The summed E-state index contributed by atoms with van der Waals surface area (Å²) in [6, 6.07) is 13.1. The summed E-state index contributed by atoms with van der Waals surface area (Å²) >= 11 is 0. The molecule has 27 heavy (non-hydrogen) atoms. The fourth-order valence-electron chi connectivity index (χ4n) is 2.74. The molecule has 0 aliphatic rings. The fourth-order valence-corrected chi connectivity index (χ4v) is 2.74. The fraction of sp³-hybridized carbons (Fsp3) is 0.143. The monoisotopic (exact) mass is 358 g/mol. The highest BCUT2D eigenvalue weighted by molar-refractivity contribution is 5.81. The highest BCUT2D eigenvalue weighted by atomic mass is 16.5. The summed E-state index contributed by atoms with van der Waals surface area (Å²) in [5, 5.41) is 0. The summed E-state index contributed by atoms with van der Waals surface area (Å²) in [5.74, 6) is 1.71. The first-order chi connectivity index (χ1) is 13.2. The molecule has 4 aromatic heterocycles. The zero-order chi connectivity index (χ0) is 18.8. The lowest BCUT2D eigenvalue weighted by molar-refractivity contribution is 0.399. The molecule has 0 unspecified atom stereocenters. The number of hydrogen-bond acceptors (Lipinski definition) is 6. The maximum Gasteiger partial charge on any atom is 0.213 e. The van der Waals surface area contributed by atoms with Crippen LogP contribution in [0.4, 0.5) is 0 Å². The Hall–Kier alpha value is -3.54. The van der Waals surface area contributed by atoms with Crippen molar-refractivity contribution in [3.05, 3.63) is 66.1 Å². The number of aromatic nitrogens is 4. The predicted octanol–water partition coefficient (Wildman–Crippen LogP) is 4.50. The third kappa shape index (κ3) is 3.29. The highest BCUT2D eigenvalue weighted by Gasteiger charge is 2.15. The summed E-state index contributed by atoms with van der Waals surface area (Å²) in [7, 11) is 1.58. The van der Waals surface area contributed by atoms with E-state index < -0.39 is 0 Å². The van der Waals surface area contributed by atoms with E-state index in [9.17, 15) is 0 Å². The van der Waals surface area contributed by atoms with Gasteiger partial charge in [-0.05, 0) is 43.7 Å². The van der Waals surface area contributed by atoms with Crippen LogP contribution in [0.2, 0.25) is 0 Å². The molecule has 0 bridgehead atoms. The smallest absolute Gasteiger partial charge is 0.213 e. The van der Waals surface area contributed by atoms with Crippen molar-refractivity contribution in [2.45, 2.75) is 13.8 Å². The number of fused-ring (bicyclic) bond motifs is 1. The summed E-state index contributed by atoms with van der Waals surface area (Å²) < 4.78 is 11.5. The second-order valence-corrected chi connectivity index (χ2v) is 6.08. The Kier molecular flexibility index (Phi) is 4.38. The molecule has 134 valence electrons. The van der Waals surface area contributed by atoms with Crippen molar-refractivity contribution >= 4 is 11.0 Å². The van der Waals surface area contributed by atoms with Crippen LogP contribution in [0.1, 0.15) is 11.3 Å². The Balaban J connectivity index is 1.86. The van der Waals surface area contributed by atoms with E-state index in [1.807, 2.05) is 44.2 Å². The summed E-state index contributed by atoms with van der Waals surface area (Å²) in [6.07, 6.45) is 3.44. The van der Waals surface area contributed by atoms with Crippen molar-refractivity contribution in [1.82, 2.24) is 19.9 Å². The molecular weight excluding hydrogens is 340 g/mol. The van der Waals surface area contributed by atoms with E-state index in [1.54, 1.807) is 31.6 Å². The van der Waals surface area contributed by atoms with Crippen LogP contribution in [0.25, 0.3) is 22.4 Å². The zero-order valence-electron chi connectivity index (χ0n) is 15.3. The maximum atomic E-state index is 6.25. The third-order valence-electron chi connectivity index (χ3n) is 4.29. The molecule has 6 nitrogen and oxygen atoms in total. The SMILES string of the molecule is COc1ccc2nccc(Oc3cc(C)c(C)nc3-c3ccccn3)c2n1. The molecule has 0 aliphatic carbocycles. The first kappa shape index (κ1) is 16.9. The molecule has 4 rings (SSSR count). The van der Waals surface area contributed by atoms with Gasteiger partial charge in [0.15, 0.2) is 11.5 Å².